The summed E-state index contributed by atoms with van der Waals surface area (Å²) in [5, 5.41) is 11.9. The molecule has 0 saturated heterocycles. The Bertz CT molecular complexity index is 1030. The Morgan fingerprint density at radius 3 is 2.03 bits per heavy atom. The van der Waals surface area contributed by atoms with Crippen LogP contribution in [0.15, 0.2) is 48.5 Å². The summed E-state index contributed by atoms with van der Waals surface area (Å²) in [5.74, 6) is -1.22. The molecule has 0 saturated carbocycles. The molecule has 0 unspecified atom stereocenters. The third-order valence-electron chi connectivity index (χ3n) is 6.27. The van der Waals surface area contributed by atoms with E-state index >= 15 is 0 Å². The highest BCUT2D eigenvalue weighted by Gasteiger charge is 2.34. The molecule has 0 heterocycles. The second-order valence-electron chi connectivity index (χ2n) is 10.5. The summed E-state index contributed by atoms with van der Waals surface area (Å²) in [7, 11) is 0. The number of carbonyl (C=O) groups is 3. The topological polar surface area (TPSA) is 95.9 Å². The SMILES string of the molecule is CC(C)C[C@H](NC(=O)OCC1c2ccccc2-c2ccccc21)C(=O)N(CCC(=O)O)C(C)(C)C. The molecule has 7 nitrogen and oxygen atoms in total. The Labute approximate surface area is 207 Å². The molecule has 0 aromatic heterocycles. The van der Waals surface area contributed by atoms with Crippen molar-refractivity contribution in [2.45, 2.75) is 65.0 Å². The average molecular weight is 481 g/mol. The fourth-order valence-corrected chi connectivity index (χ4v) is 4.65. The van der Waals surface area contributed by atoms with Gasteiger partial charge < -0.3 is 20.1 Å². The van der Waals surface area contributed by atoms with Crippen molar-refractivity contribution in [3.8, 4) is 11.1 Å². The number of carboxylic acids is 1. The van der Waals surface area contributed by atoms with Gasteiger partial charge in [0.05, 0.1) is 6.42 Å². The zero-order valence-corrected chi connectivity index (χ0v) is 21.2. The smallest absolute Gasteiger partial charge is 0.407 e. The van der Waals surface area contributed by atoms with Crippen molar-refractivity contribution >= 4 is 18.0 Å². The van der Waals surface area contributed by atoms with Gasteiger partial charge in [-0.2, -0.15) is 0 Å². The van der Waals surface area contributed by atoms with Crippen molar-refractivity contribution in [2.75, 3.05) is 13.2 Å². The Kier molecular flexibility index (Phi) is 8.20. The monoisotopic (exact) mass is 480 g/mol. The molecule has 3 rings (SSSR count). The van der Waals surface area contributed by atoms with Crippen LogP contribution in [-0.2, 0) is 14.3 Å². The number of fused-ring (bicyclic) bond motifs is 3. The molecule has 1 aliphatic carbocycles. The molecule has 1 atom stereocenters. The lowest BCUT2D eigenvalue weighted by atomic mass is 9.98. The van der Waals surface area contributed by atoms with E-state index in [1.54, 1.807) is 0 Å². The number of hydrogen-bond acceptors (Lipinski definition) is 4. The fraction of sp³-hybridized carbons (Fsp3) is 0.464. The molecule has 0 radical (unpaired) electrons. The molecule has 7 heteroatoms. The van der Waals surface area contributed by atoms with Crippen molar-refractivity contribution < 1.29 is 24.2 Å². The van der Waals surface area contributed by atoms with Crippen LogP contribution in [-0.4, -0.2) is 52.7 Å². The molecule has 0 fully saturated rings. The molecule has 0 aliphatic heterocycles. The molecular weight excluding hydrogens is 444 g/mol. The number of benzene rings is 2. The van der Waals surface area contributed by atoms with Crippen LogP contribution in [0.4, 0.5) is 4.79 Å². The van der Waals surface area contributed by atoms with E-state index in [1.807, 2.05) is 58.9 Å². The normalized spacial score (nSPS) is 13.7. The average Bonchev–Trinajstić information content (AvgIpc) is 3.09. The van der Waals surface area contributed by atoms with Crippen molar-refractivity contribution in [1.29, 1.82) is 0 Å². The van der Waals surface area contributed by atoms with Crippen LogP contribution >= 0.6 is 0 Å². The minimum atomic E-state index is -0.975. The first-order valence-corrected chi connectivity index (χ1v) is 12.1. The second-order valence-corrected chi connectivity index (χ2v) is 10.5. The summed E-state index contributed by atoms with van der Waals surface area (Å²) >= 11 is 0. The first-order valence-electron chi connectivity index (χ1n) is 12.1. The molecule has 2 aromatic carbocycles. The van der Waals surface area contributed by atoms with Crippen LogP contribution in [0.3, 0.4) is 0 Å². The zero-order valence-electron chi connectivity index (χ0n) is 21.2. The lowest BCUT2D eigenvalue weighted by Crippen LogP contribution is -2.55. The highest BCUT2D eigenvalue weighted by atomic mass is 16.5. The fourth-order valence-electron chi connectivity index (χ4n) is 4.65. The van der Waals surface area contributed by atoms with Gasteiger partial charge in [0.2, 0.25) is 5.91 Å². The molecule has 1 aliphatic rings. The van der Waals surface area contributed by atoms with E-state index in [1.165, 1.54) is 4.90 Å². The van der Waals surface area contributed by atoms with Gasteiger partial charge in [0.15, 0.2) is 0 Å². The highest BCUT2D eigenvalue weighted by molar-refractivity contribution is 5.86. The number of nitrogens with one attached hydrogen (secondary N) is 1. The molecular formula is C28H36N2O5. The van der Waals surface area contributed by atoms with Crippen molar-refractivity contribution in [3.05, 3.63) is 59.7 Å². The Hall–Kier alpha value is -3.35. The molecule has 0 spiro atoms. The number of ether oxygens (including phenoxy) is 1. The van der Waals surface area contributed by atoms with Gasteiger partial charge in [0.1, 0.15) is 12.6 Å². The van der Waals surface area contributed by atoms with Crippen molar-refractivity contribution in [3.63, 3.8) is 0 Å². The minimum absolute atomic E-state index is 0.0681. The van der Waals surface area contributed by atoms with E-state index < -0.39 is 23.6 Å². The van der Waals surface area contributed by atoms with Gasteiger partial charge in [-0.25, -0.2) is 4.79 Å². The lowest BCUT2D eigenvalue weighted by Gasteiger charge is -2.38. The Morgan fingerprint density at radius 2 is 1.54 bits per heavy atom. The van der Waals surface area contributed by atoms with Gasteiger partial charge in [0, 0.05) is 18.0 Å². The third kappa shape index (κ3) is 6.41. The zero-order chi connectivity index (χ0) is 25.8. The Balaban J connectivity index is 1.72. The quantitative estimate of drug-likeness (QED) is 0.524. The Morgan fingerprint density at radius 1 is 1.00 bits per heavy atom. The van der Waals surface area contributed by atoms with E-state index in [2.05, 4.69) is 29.6 Å². The number of rotatable bonds is 9. The number of nitrogens with zero attached hydrogens (tertiary/aromatic N) is 1. The molecule has 0 bridgehead atoms. The highest BCUT2D eigenvalue weighted by Crippen LogP contribution is 2.44. The number of amides is 2. The van der Waals surface area contributed by atoms with Gasteiger partial charge in [-0.1, -0.05) is 62.4 Å². The number of carboxylic acid groups (broad SMARTS) is 1. The second kappa shape index (κ2) is 10.9. The van der Waals surface area contributed by atoms with Crippen LogP contribution in [0.2, 0.25) is 0 Å². The van der Waals surface area contributed by atoms with Crippen molar-refractivity contribution in [1.82, 2.24) is 10.2 Å². The summed E-state index contributed by atoms with van der Waals surface area (Å²) < 4.78 is 5.65. The van der Waals surface area contributed by atoms with Gasteiger partial charge in [-0.15, -0.1) is 0 Å². The minimum Gasteiger partial charge on any atom is -0.481 e. The number of alkyl carbamates (subject to hydrolysis) is 1. The predicted molar refractivity (Wildman–Crippen MR) is 135 cm³/mol. The standard InChI is InChI=1S/C28H36N2O5/c1-18(2)16-24(26(33)30(28(3,4)5)15-14-25(31)32)29-27(34)35-17-23-21-12-8-6-10-19(21)20-11-7-9-13-22(20)23/h6-13,18,23-24H,14-17H2,1-5H3,(H,29,34)(H,31,32)/t24-/m0/s1. The summed E-state index contributed by atoms with van der Waals surface area (Å²) in [6.07, 6.45) is -0.400. The van der Waals surface area contributed by atoms with Gasteiger partial charge in [0.25, 0.3) is 0 Å². The summed E-state index contributed by atoms with van der Waals surface area (Å²) in [5.41, 5.74) is 3.92. The van der Waals surface area contributed by atoms with E-state index in [9.17, 15) is 14.4 Å². The number of aliphatic carboxylic acids is 1. The maximum Gasteiger partial charge on any atom is 0.407 e. The summed E-state index contributed by atoms with van der Waals surface area (Å²) in [6.45, 7) is 9.73. The van der Waals surface area contributed by atoms with Gasteiger partial charge in [-0.3, -0.25) is 9.59 Å². The first-order chi connectivity index (χ1) is 16.5. The number of carbonyl (C=O) groups excluding carboxylic acids is 2. The van der Waals surface area contributed by atoms with E-state index in [-0.39, 0.29) is 37.3 Å². The van der Waals surface area contributed by atoms with Gasteiger partial charge in [-0.05, 0) is 55.4 Å². The van der Waals surface area contributed by atoms with Crippen LogP contribution in [0.1, 0.15) is 64.5 Å². The maximum atomic E-state index is 13.4. The molecule has 188 valence electrons. The largest absolute Gasteiger partial charge is 0.481 e. The third-order valence-corrected chi connectivity index (χ3v) is 6.27. The van der Waals surface area contributed by atoms with Gasteiger partial charge >= 0.3 is 12.1 Å². The van der Waals surface area contributed by atoms with Crippen LogP contribution in [0.25, 0.3) is 11.1 Å². The maximum absolute atomic E-state index is 13.4. The lowest BCUT2D eigenvalue weighted by molar-refractivity contribution is -0.142. The molecule has 2 amide bonds. The van der Waals surface area contributed by atoms with E-state index in [0.717, 1.165) is 22.3 Å². The van der Waals surface area contributed by atoms with Crippen molar-refractivity contribution in [2.24, 2.45) is 5.92 Å². The van der Waals surface area contributed by atoms with Crippen LogP contribution in [0.5, 0.6) is 0 Å². The molecule has 35 heavy (non-hydrogen) atoms. The molecule has 2 N–H and O–H groups in total. The summed E-state index contributed by atoms with van der Waals surface area (Å²) in [4.78, 5) is 38.9. The first kappa shape index (κ1) is 26.3. The predicted octanol–water partition coefficient (Wildman–Crippen LogP) is 5.04. The molecule has 2 aromatic rings. The summed E-state index contributed by atoms with van der Waals surface area (Å²) in [6, 6.07) is 15.4. The van der Waals surface area contributed by atoms with E-state index in [0.29, 0.717) is 6.42 Å². The number of hydrogen-bond donors (Lipinski definition) is 2. The van der Waals surface area contributed by atoms with Crippen LogP contribution < -0.4 is 5.32 Å². The van der Waals surface area contributed by atoms with E-state index in [4.69, 9.17) is 9.84 Å². The van der Waals surface area contributed by atoms with Crippen LogP contribution in [0, 0.1) is 5.92 Å².